The van der Waals surface area contributed by atoms with E-state index >= 15 is 0 Å². The largest absolute Gasteiger partial charge is 0.465 e. The van der Waals surface area contributed by atoms with Crippen LogP contribution in [0.2, 0.25) is 0 Å². The number of fused-ring (bicyclic) bond motifs is 1. The zero-order valence-corrected chi connectivity index (χ0v) is 23.9. The van der Waals surface area contributed by atoms with Crippen LogP contribution in [0.1, 0.15) is 63.5 Å². The number of aryl methyl sites for hydroxylation is 2. The Kier molecular flexibility index (Phi) is 6.62. The second-order valence-corrected chi connectivity index (χ2v) is 13.0. The van der Waals surface area contributed by atoms with Crippen LogP contribution < -0.4 is 0 Å². The minimum atomic E-state index is -3.66. The van der Waals surface area contributed by atoms with Gasteiger partial charge in [0.2, 0.25) is 10.0 Å². The molecule has 2 aromatic heterocycles. The van der Waals surface area contributed by atoms with E-state index in [4.69, 9.17) is 4.74 Å². The highest BCUT2D eigenvalue weighted by Gasteiger charge is 2.45. The van der Waals surface area contributed by atoms with Crippen molar-refractivity contribution in [1.29, 1.82) is 0 Å². The molecule has 1 aliphatic carbocycles. The third-order valence-corrected chi connectivity index (χ3v) is 9.85. The average molecular weight is 560 g/mol. The van der Waals surface area contributed by atoms with E-state index in [1.165, 1.54) is 7.11 Å². The van der Waals surface area contributed by atoms with Crippen LogP contribution >= 0.6 is 0 Å². The second-order valence-electron chi connectivity index (χ2n) is 11.1. The molecule has 0 amide bonds. The highest BCUT2D eigenvalue weighted by atomic mass is 32.2. The van der Waals surface area contributed by atoms with Crippen LogP contribution in [0.25, 0.3) is 5.69 Å². The minimum absolute atomic E-state index is 0.0937. The summed E-state index contributed by atoms with van der Waals surface area (Å²) < 4.78 is 37.7. The normalized spacial score (nSPS) is 21.9. The van der Waals surface area contributed by atoms with Crippen molar-refractivity contribution in [2.24, 2.45) is 13.0 Å². The standard InChI is InChI=1S/C30H33N5O4S/c1-19-8-9-28-22(10-19)11-20(2)16-34(40(28,37)38)17-21-6-5-7-24(12-21)35-29(27(15-32-35)30(36)39-4)26-13-25(26)23-14-31-33(3)18-23/h5-10,12,14-15,18,20,25-26H,11,13,16-17H2,1-4H3/t20-,25-,26+/m0/s1. The van der Waals surface area contributed by atoms with Gasteiger partial charge in [0.25, 0.3) is 0 Å². The lowest BCUT2D eigenvalue weighted by atomic mass is 9.99. The van der Waals surface area contributed by atoms with Crippen molar-refractivity contribution in [2.45, 2.75) is 50.0 Å². The van der Waals surface area contributed by atoms with Gasteiger partial charge in [-0.1, -0.05) is 36.8 Å². The number of carbonyl (C=O) groups excluding carboxylic acids is 1. The van der Waals surface area contributed by atoms with E-state index in [2.05, 4.69) is 17.1 Å². The van der Waals surface area contributed by atoms with Gasteiger partial charge in [0.05, 0.1) is 35.8 Å². The van der Waals surface area contributed by atoms with Crippen LogP contribution in [0.5, 0.6) is 0 Å². The van der Waals surface area contributed by atoms with Gasteiger partial charge in [0, 0.05) is 32.3 Å². The maximum Gasteiger partial charge on any atom is 0.341 e. The zero-order chi connectivity index (χ0) is 28.2. The van der Waals surface area contributed by atoms with E-state index < -0.39 is 16.0 Å². The number of sulfonamides is 1. The molecule has 0 saturated heterocycles. The summed E-state index contributed by atoms with van der Waals surface area (Å²) in [7, 11) is -0.398. The fraction of sp³-hybridized carbons (Fsp3) is 0.367. The van der Waals surface area contributed by atoms with Gasteiger partial charge in [-0.2, -0.15) is 14.5 Å². The molecule has 2 aromatic carbocycles. The molecule has 0 N–H and O–H groups in total. The molecule has 3 heterocycles. The Morgan fingerprint density at radius 3 is 2.67 bits per heavy atom. The highest BCUT2D eigenvalue weighted by Crippen LogP contribution is 2.55. The summed E-state index contributed by atoms with van der Waals surface area (Å²) in [6.45, 7) is 4.77. The molecule has 1 saturated carbocycles. The summed E-state index contributed by atoms with van der Waals surface area (Å²) in [6.07, 6.45) is 7.03. The Labute approximate surface area is 234 Å². The molecular weight excluding hydrogens is 526 g/mol. The van der Waals surface area contributed by atoms with Crippen molar-refractivity contribution < 1.29 is 17.9 Å². The van der Waals surface area contributed by atoms with Crippen LogP contribution in [0, 0.1) is 12.8 Å². The molecule has 208 valence electrons. The van der Waals surface area contributed by atoms with Crippen molar-refractivity contribution in [2.75, 3.05) is 13.7 Å². The molecule has 1 fully saturated rings. The maximum atomic E-state index is 13.7. The lowest BCUT2D eigenvalue weighted by molar-refractivity contribution is 0.0599. The van der Waals surface area contributed by atoms with Crippen molar-refractivity contribution in [3.8, 4) is 5.69 Å². The minimum Gasteiger partial charge on any atom is -0.465 e. The first-order chi connectivity index (χ1) is 19.2. The number of esters is 1. The topological polar surface area (TPSA) is 99.3 Å². The highest BCUT2D eigenvalue weighted by molar-refractivity contribution is 7.89. The molecule has 0 spiro atoms. The number of aromatic nitrogens is 4. The second kappa shape index (κ2) is 10.0. The molecule has 6 rings (SSSR count). The van der Waals surface area contributed by atoms with Gasteiger partial charge in [0.1, 0.15) is 5.56 Å². The number of benzene rings is 2. The van der Waals surface area contributed by atoms with Gasteiger partial charge in [-0.15, -0.1) is 0 Å². The fourth-order valence-corrected chi connectivity index (χ4v) is 7.73. The summed E-state index contributed by atoms with van der Waals surface area (Å²) in [5.74, 6) is 0.0906. The Bertz CT molecular complexity index is 1710. The lowest BCUT2D eigenvalue weighted by Gasteiger charge is -2.22. The van der Waals surface area contributed by atoms with Crippen molar-refractivity contribution >= 4 is 16.0 Å². The fourth-order valence-electron chi connectivity index (χ4n) is 5.97. The first-order valence-corrected chi connectivity index (χ1v) is 14.9. The van der Waals surface area contributed by atoms with Crippen molar-refractivity contribution in [1.82, 2.24) is 23.9 Å². The molecule has 9 nitrogen and oxygen atoms in total. The summed E-state index contributed by atoms with van der Waals surface area (Å²) >= 11 is 0. The van der Waals surface area contributed by atoms with E-state index in [1.807, 2.05) is 62.8 Å². The molecule has 1 aliphatic heterocycles. The Morgan fingerprint density at radius 1 is 1.10 bits per heavy atom. The van der Waals surface area contributed by atoms with E-state index in [9.17, 15) is 13.2 Å². The molecular formula is C30H33N5O4S. The molecule has 2 aliphatic rings. The Hall–Kier alpha value is -3.76. The third-order valence-electron chi connectivity index (χ3n) is 7.94. The number of nitrogens with zero attached hydrogens (tertiary/aromatic N) is 5. The predicted octanol–water partition coefficient (Wildman–Crippen LogP) is 4.36. The van der Waals surface area contributed by atoms with Gasteiger partial charge in [-0.3, -0.25) is 4.68 Å². The molecule has 4 aromatic rings. The van der Waals surface area contributed by atoms with Crippen molar-refractivity contribution in [3.05, 3.63) is 94.6 Å². The summed E-state index contributed by atoms with van der Waals surface area (Å²) in [4.78, 5) is 13.1. The van der Waals surface area contributed by atoms with Gasteiger partial charge < -0.3 is 4.74 Å². The van der Waals surface area contributed by atoms with E-state index in [-0.39, 0.29) is 24.3 Å². The van der Waals surface area contributed by atoms with Gasteiger partial charge >= 0.3 is 5.97 Å². The number of carbonyl (C=O) groups is 1. The van der Waals surface area contributed by atoms with E-state index in [1.54, 1.807) is 25.9 Å². The number of hydrogen-bond acceptors (Lipinski definition) is 6. The SMILES string of the molecule is COC(=O)c1cnn(-c2cccc(CN3C[C@@H](C)Cc4cc(C)ccc4S3(=O)=O)c2)c1[C@@H]1C[C@H]1c1cnn(C)c1. The smallest absolute Gasteiger partial charge is 0.341 e. The maximum absolute atomic E-state index is 13.7. The Balaban J connectivity index is 1.34. The average Bonchev–Trinajstić information content (AvgIpc) is 3.40. The number of ether oxygens (including phenoxy) is 1. The summed E-state index contributed by atoms with van der Waals surface area (Å²) in [5.41, 5.74) is 5.94. The molecule has 40 heavy (non-hydrogen) atoms. The first-order valence-electron chi connectivity index (χ1n) is 13.5. The van der Waals surface area contributed by atoms with Gasteiger partial charge in [-0.05, 0) is 66.5 Å². The number of hydrogen-bond donors (Lipinski definition) is 0. The zero-order valence-electron chi connectivity index (χ0n) is 23.1. The van der Waals surface area contributed by atoms with Crippen LogP contribution in [-0.4, -0.2) is 51.9 Å². The van der Waals surface area contributed by atoms with Crippen LogP contribution in [-0.2, 0) is 34.8 Å². The molecule has 10 heteroatoms. The van der Waals surface area contributed by atoms with Gasteiger partial charge in [0.15, 0.2) is 0 Å². The quantitative estimate of drug-likeness (QED) is 0.326. The molecule has 0 unspecified atom stereocenters. The lowest BCUT2D eigenvalue weighted by Crippen LogP contribution is -2.32. The number of methoxy groups -OCH3 is 1. The molecule has 0 bridgehead atoms. The van der Waals surface area contributed by atoms with Crippen molar-refractivity contribution in [3.63, 3.8) is 0 Å². The Morgan fingerprint density at radius 2 is 1.93 bits per heavy atom. The number of rotatable bonds is 6. The summed E-state index contributed by atoms with van der Waals surface area (Å²) in [5, 5.41) is 8.90. The first kappa shape index (κ1) is 26.5. The van der Waals surface area contributed by atoms with Crippen LogP contribution in [0.3, 0.4) is 0 Å². The van der Waals surface area contributed by atoms with Crippen LogP contribution in [0.4, 0.5) is 0 Å². The van der Waals surface area contributed by atoms with E-state index in [0.717, 1.165) is 46.5 Å². The molecule has 0 radical (unpaired) electrons. The summed E-state index contributed by atoms with van der Waals surface area (Å²) in [6, 6.07) is 13.3. The monoisotopic (exact) mass is 559 g/mol. The van der Waals surface area contributed by atoms with Crippen LogP contribution in [0.15, 0.2) is 66.0 Å². The van der Waals surface area contributed by atoms with E-state index in [0.29, 0.717) is 17.0 Å². The molecule has 3 atom stereocenters. The third kappa shape index (κ3) is 4.75. The van der Waals surface area contributed by atoms with Gasteiger partial charge in [-0.25, -0.2) is 17.9 Å². The predicted molar refractivity (Wildman–Crippen MR) is 150 cm³/mol.